The first-order valence-electron chi connectivity index (χ1n) is 4.15. The van der Waals surface area contributed by atoms with Crippen LogP contribution in [0.5, 0.6) is 0 Å². The van der Waals surface area contributed by atoms with Crippen LogP contribution in [0.15, 0.2) is 37.6 Å². The number of allylic oxidation sites excluding steroid dienone is 1. The lowest BCUT2D eigenvalue weighted by Crippen LogP contribution is -1.99. The Balaban J connectivity index is 4.23. The molecule has 5 heteroatoms. The highest BCUT2D eigenvalue weighted by molar-refractivity contribution is 7.54. The topological polar surface area (TPSA) is 61.5 Å². The molecule has 0 bridgehead atoms. The van der Waals surface area contributed by atoms with Gasteiger partial charge in [-0.25, -0.2) is 0 Å². The fraction of sp³-hybridized carbons (Fsp3) is 0.333. The van der Waals surface area contributed by atoms with Crippen LogP contribution in [-0.4, -0.2) is 19.4 Å². The number of rotatable bonds is 8. The number of hydrogen-bond donors (Lipinski definition) is 1. The molecule has 0 atom stereocenters. The van der Waals surface area contributed by atoms with Gasteiger partial charge in [0.2, 0.25) is 0 Å². The lowest BCUT2D eigenvalue weighted by atomic mass is 10.7. The van der Waals surface area contributed by atoms with E-state index >= 15 is 0 Å². The molecule has 0 unspecified atom stereocenters. The van der Waals surface area contributed by atoms with Crippen molar-refractivity contribution in [2.75, 3.05) is 19.4 Å². The largest absolute Gasteiger partial charge is 0.405 e. The summed E-state index contributed by atoms with van der Waals surface area (Å²) >= 11 is 0. The van der Waals surface area contributed by atoms with Gasteiger partial charge in [0.15, 0.2) is 0 Å². The highest BCUT2D eigenvalue weighted by Crippen LogP contribution is 2.47. The minimum Gasteiger partial charge on any atom is -0.405 e. The molecule has 0 aliphatic rings. The summed E-state index contributed by atoms with van der Waals surface area (Å²) in [6.07, 6.45) is 6.02. The summed E-state index contributed by atoms with van der Waals surface area (Å²) in [5.74, 6) is 0. The second kappa shape index (κ2) is 7.56. The van der Waals surface area contributed by atoms with E-state index in [9.17, 15) is 4.57 Å². The Morgan fingerprint density at radius 1 is 1.21 bits per heavy atom. The third-order valence-corrected chi connectivity index (χ3v) is 2.99. The summed E-state index contributed by atoms with van der Waals surface area (Å²) in [4.78, 5) is 0. The molecule has 2 N–H and O–H groups in total. The first-order chi connectivity index (χ1) is 6.68. The maximum Gasteiger partial charge on any atom is 0.335 e. The van der Waals surface area contributed by atoms with Crippen LogP contribution in [0.4, 0.5) is 0 Å². The zero-order valence-corrected chi connectivity index (χ0v) is 8.99. The van der Waals surface area contributed by atoms with Crippen molar-refractivity contribution in [2.24, 2.45) is 5.73 Å². The molecule has 0 rings (SSSR count). The fourth-order valence-electron chi connectivity index (χ4n) is 0.665. The van der Waals surface area contributed by atoms with E-state index < -0.39 is 7.60 Å². The Morgan fingerprint density at radius 3 is 2.07 bits per heavy atom. The van der Waals surface area contributed by atoms with Gasteiger partial charge in [-0.15, -0.1) is 13.2 Å². The van der Waals surface area contributed by atoms with Crippen LogP contribution in [0, 0.1) is 0 Å². The number of hydrogen-bond acceptors (Lipinski definition) is 4. The van der Waals surface area contributed by atoms with Crippen molar-refractivity contribution in [1.82, 2.24) is 0 Å². The quantitative estimate of drug-likeness (QED) is 0.499. The lowest BCUT2D eigenvalue weighted by molar-refractivity contribution is 0.239. The van der Waals surface area contributed by atoms with Crippen LogP contribution in [0.1, 0.15) is 0 Å². The maximum absolute atomic E-state index is 11.8. The molecule has 80 valence electrons. The molecule has 0 amide bonds. The zero-order valence-electron chi connectivity index (χ0n) is 8.09. The van der Waals surface area contributed by atoms with Gasteiger partial charge in [0.05, 0.1) is 19.4 Å². The van der Waals surface area contributed by atoms with Crippen LogP contribution in [0.3, 0.4) is 0 Å². The van der Waals surface area contributed by atoms with Gasteiger partial charge >= 0.3 is 7.60 Å². The summed E-state index contributed by atoms with van der Waals surface area (Å²) in [5, 5.41) is 0. The van der Waals surface area contributed by atoms with Crippen molar-refractivity contribution in [1.29, 1.82) is 0 Å². The Bertz CT molecular complexity index is 234. The third-order valence-electron chi connectivity index (χ3n) is 1.24. The van der Waals surface area contributed by atoms with Gasteiger partial charge in [-0.05, 0) is 6.20 Å². The van der Waals surface area contributed by atoms with Gasteiger partial charge in [0.25, 0.3) is 0 Å². The highest BCUT2D eigenvalue weighted by atomic mass is 31.2. The van der Waals surface area contributed by atoms with Crippen molar-refractivity contribution in [3.63, 3.8) is 0 Å². The molecule has 0 saturated heterocycles. The minimum absolute atomic E-state index is 0.158. The average molecular weight is 217 g/mol. The molecule has 0 aromatic carbocycles. The molecule has 0 aliphatic heterocycles. The van der Waals surface area contributed by atoms with Crippen LogP contribution in [0.25, 0.3) is 0 Å². The first-order valence-corrected chi connectivity index (χ1v) is 5.88. The summed E-state index contributed by atoms with van der Waals surface area (Å²) in [6.45, 7) is 7.29. The van der Waals surface area contributed by atoms with Gasteiger partial charge in [0.1, 0.15) is 0 Å². The van der Waals surface area contributed by atoms with E-state index in [4.69, 9.17) is 14.8 Å². The first kappa shape index (κ1) is 13.2. The maximum atomic E-state index is 11.8. The molecule has 0 aromatic heterocycles. The van der Waals surface area contributed by atoms with Crippen molar-refractivity contribution in [3.05, 3.63) is 37.6 Å². The van der Waals surface area contributed by atoms with E-state index in [0.29, 0.717) is 0 Å². The SMILES string of the molecule is C=CCOP(=O)(CC=CN)OCC=C. The highest BCUT2D eigenvalue weighted by Gasteiger charge is 2.21. The Labute approximate surface area is 84.6 Å². The van der Waals surface area contributed by atoms with Gasteiger partial charge in [0, 0.05) is 0 Å². The van der Waals surface area contributed by atoms with Crippen molar-refractivity contribution >= 4 is 7.60 Å². The zero-order chi connectivity index (χ0) is 10.9. The smallest absolute Gasteiger partial charge is 0.335 e. The van der Waals surface area contributed by atoms with Gasteiger partial charge in [-0.3, -0.25) is 4.57 Å². The summed E-state index contributed by atoms with van der Waals surface area (Å²) in [7, 11) is -3.08. The normalized spacial score (nSPS) is 11.7. The molecular formula is C9H16NO3P. The fourth-order valence-corrected chi connectivity index (χ4v) is 2.00. The summed E-state index contributed by atoms with van der Waals surface area (Å²) in [6, 6.07) is 0. The summed E-state index contributed by atoms with van der Waals surface area (Å²) in [5.41, 5.74) is 5.14. The Morgan fingerprint density at radius 2 is 1.71 bits per heavy atom. The number of nitrogens with two attached hydrogens (primary N) is 1. The van der Waals surface area contributed by atoms with Crippen LogP contribution >= 0.6 is 7.60 Å². The predicted molar refractivity (Wildman–Crippen MR) is 58.1 cm³/mol. The van der Waals surface area contributed by atoms with E-state index in [2.05, 4.69) is 13.2 Å². The Kier molecular flexibility index (Phi) is 7.11. The van der Waals surface area contributed by atoms with E-state index in [1.165, 1.54) is 24.4 Å². The molecule has 0 radical (unpaired) electrons. The molecule has 0 saturated carbocycles. The standard InChI is InChI=1S/C9H16NO3P/c1-3-7-12-14(11,9-5-6-10)13-8-4-2/h3-6H,1-2,7-10H2. The molecule has 0 spiro atoms. The van der Waals surface area contributed by atoms with Crippen LogP contribution in [-0.2, 0) is 13.6 Å². The molecule has 14 heavy (non-hydrogen) atoms. The molecule has 0 heterocycles. The molecular weight excluding hydrogens is 201 g/mol. The molecule has 0 aromatic rings. The average Bonchev–Trinajstić information content (AvgIpc) is 2.21. The predicted octanol–water partition coefficient (Wildman–Crippen LogP) is 2.06. The van der Waals surface area contributed by atoms with Gasteiger partial charge < -0.3 is 14.8 Å². The monoisotopic (exact) mass is 217 g/mol. The second-order valence-electron chi connectivity index (χ2n) is 2.39. The Hall–Kier alpha value is -0.830. The van der Waals surface area contributed by atoms with E-state index in [1.54, 1.807) is 0 Å². The van der Waals surface area contributed by atoms with E-state index in [0.717, 1.165) is 0 Å². The van der Waals surface area contributed by atoms with Gasteiger partial charge in [-0.2, -0.15) is 0 Å². The van der Waals surface area contributed by atoms with Crippen LogP contribution in [0.2, 0.25) is 0 Å². The second-order valence-corrected chi connectivity index (χ2v) is 4.49. The minimum atomic E-state index is -3.08. The van der Waals surface area contributed by atoms with E-state index in [-0.39, 0.29) is 19.4 Å². The van der Waals surface area contributed by atoms with Gasteiger partial charge in [-0.1, -0.05) is 18.2 Å². The molecule has 0 aliphatic carbocycles. The molecule has 4 nitrogen and oxygen atoms in total. The van der Waals surface area contributed by atoms with Crippen LogP contribution < -0.4 is 5.73 Å². The lowest BCUT2D eigenvalue weighted by Gasteiger charge is -2.14. The van der Waals surface area contributed by atoms with E-state index in [1.807, 2.05) is 0 Å². The van der Waals surface area contributed by atoms with Crippen molar-refractivity contribution in [2.45, 2.75) is 0 Å². The van der Waals surface area contributed by atoms with Crippen molar-refractivity contribution in [3.8, 4) is 0 Å². The third kappa shape index (κ3) is 5.75. The molecule has 0 fully saturated rings. The van der Waals surface area contributed by atoms with Crippen molar-refractivity contribution < 1.29 is 13.6 Å². The summed E-state index contributed by atoms with van der Waals surface area (Å²) < 4.78 is 21.9.